The van der Waals surface area contributed by atoms with Crippen LogP contribution in [0.25, 0.3) is 76.9 Å². The van der Waals surface area contributed by atoms with Crippen LogP contribution in [-0.2, 0) is 0 Å². The van der Waals surface area contributed by atoms with Gasteiger partial charge in [-0.3, -0.25) is 0 Å². The van der Waals surface area contributed by atoms with Crippen molar-refractivity contribution in [3.8, 4) is 67.9 Å². The number of fused-ring (bicyclic) bond motifs is 5. The molecule has 47 heavy (non-hydrogen) atoms. The lowest BCUT2D eigenvalue weighted by Gasteiger charge is -2.23. The molecule has 0 saturated carbocycles. The Balaban J connectivity index is 1.54. The number of hydrogen-bond acceptors (Lipinski definition) is 7. The van der Waals surface area contributed by atoms with Gasteiger partial charge in [0, 0.05) is 54.6 Å². The molecule has 0 atom stereocenters. The topological polar surface area (TPSA) is 135 Å². The normalized spacial score (nSPS) is 11.7. The molecule has 6 N–H and O–H groups in total. The van der Waals surface area contributed by atoms with E-state index in [9.17, 15) is 30.6 Å². The molecule has 0 spiro atoms. The van der Waals surface area contributed by atoms with Gasteiger partial charge in [0.1, 0.15) is 22.7 Å². The summed E-state index contributed by atoms with van der Waals surface area (Å²) < 4.78 is 6.38. The predicted molar refractivity (Wildman–Crippen MR) is 185 cm³/mol. The second-order valence-corrected chi connectivity index (χ2v) is 11.8. The molecule has 8 rings (SSSR count). The molecule has 1 aromatic heterocycles. The van der Waals surface area contributed by atoms with Crippen LogP contribution < -0.4 is 0 Å². The lowest BCUT2D eigenvalue weighted by atomic mass is 9.82. The molecule has 0 aliphatic rings. The lowest BCUT2D eigenvalue weighted by Crippen LogP contribution is -1.96. The third kappa shape index (κ3) is 3.93. The van der Waals surface area contributed by atoms with Crippen molar-refractivity contribution in [1.29, 1.82) is 0 Å². The smallest absolute Gasteiger partial charge is 0.166 e. The van der Waals surface area contributed by atoms with Crippen LogP contribution in [-0.4, -0.2) is 30.6 Å². The third-order valence-corrected chi connectivity index (χ3v) is 9.25. The fourth-order valence-corrected chi connectivity index (χ4v) is 6.81. The second kappa shape index (κ2) is 10.1. The predicted octanol–water partition coefficient (Wildman–Crippen LogP) is 9.74. The zero-order valence-corrected chi connectivity index (χ0v) is 25.3. The summed E-state index contributed by atoms with van der Waals surface area (Å²) in [6, 6.07) is 30.3. The molecule has 0 amide bonds. The van der Waals surface area contributed by atoms with Gasteiger partial charge >= 0.3 is 0 Å². The Morgan fingerprint density at radius 2 is 0.787 bits per heavy atom. The fourth-order valence-electron chi connectivity index (χ4n) is 6.81. The van der Waals surface area contributed by atoms with E-state index in [-0.39, 0.29) is 55.3 Å². The largest absolute Gasteiger partial charge is 0.507 e. The van der Waals surface area contributed by atoms with Crippen LogP contribution in [0.15, 0.2) is 101 Å². The minimum absolute atomic E-state index is 0.0343. The zero-order valence-electron chi connectivity index (χ0n) is 25.3. The first-order chi connectivity index (χ1) is 22.7. The van der Waals surface area contributed by atoms with Gasteiger partial charge in [-0.1, -0.05) is 72.8 Å². The van der Waals surface area contributed by atoms with Crippen molar-refractivity contribution in [3.05, 3.63) is 108 Å². The van der Waals surface area contributed by atoms with Gasteiger partial charge in [0.15, 0.2) is 23.0 Å². The van der Waals surface area contributed by atoms with Crippen LogP contribution in [0.5, 0.6) is 34.5 Å². The lowest BCUT2D eigenvalue weighted by molar-refractivity contribution is 0.397. The van der Waals surface area contributed by atoms with E-state index in [1.165, 1.54) is 13.8 Å². The van der Waals surface area contributed by atoms with E-state index in [0.29, 0.717) is 22.3 Å². The molecule has 0 saturated heterocycles. The Hall–Kier alpha value is -6.34. The quantitative estimate of drug-likeness (QED) is 0.0658. The first kappa shape index (κ1) is 28.2. The van der Waals surface area contributed by atoms with Crippen molar-refractivity contribution in [1.82, 2.24) is 0 Å². The number of furan rings is 1. The zero-order chi connectivity index (χ0) is 32.7. The van der Waals surface area contributed by atoms with Gasteiger partial charge in [0.2, 0.25) is 0 Å². The van der Waals surface area contributed by atoms with Crippen LogP contribution in [0, 0.1) is 13.8 Å². The summed E-state index contributed by atoms with van der Waals surface area (Å²) in [5.41, 5.74) is 4.81. The summed E-state index contributed by atoms with van der Waals surface area (Å²) in [5, 5.41) is 70.5. The fraction of sp³-hybridized carbons (Fsp3) is 0.0500. The number of phenolic OH excluding ortho intramolecular Hbond substituents is 6. The van der Waals surface area contributed by atoms with E-state index >= 15 is 0 Å². The van der Waals surface area contributed by atoms with E-state index in [1.807, 2.05) is 60.7 Å². The highest BCUT2D eigenvalue weighted by Crippen LogP contribution is 2.59. The van der Waals surface area contributed by atoms with Gasteiger partial charge in [0.05, 0.1) is 0 Å². The first-order valence-corrected chi connectivity index (χ1v) is 15.0. The number of benzene rings is 7. The summed E-state index contributed by atoms with van der Waals surface area (Å²) >= 11 is 0. The molecule has 0 aliphatic carbocycles. The minimum Gasteiger partial charge on any atom is -0.507 e. The molecule has 1 heterocycles. The monoisotopic (exact) mass is 620 g/mol. The van der Waals surface area contributed by atoms with Crippen LogP contribution in [0.3, 0.4) is 0 Å². The average molecular weight is 621 g/mol. The van der Waals surface area contributed by atoms with Crippen molar-refractivity contribution in [2.24, 2.45) is 0 Å². The molecule has 0 unspecified atom stereocenters. The van der Waals surface area contributed by atoms with Crippen molar-refractivity contribution in [2.75, 3.05) is 0 Å². The molecule has 0 bridgehead atoms. The molecule has 7 aromatic carbocycles. The highest BCUT2D eigenvalue weighted by molar-refractivity contribution is 6.28. The van der Waals surface area contributed by atoms with Gasteiger partial charge in [0.25, 0.3) is 0 Å². The van der Waals surface area contributed by atoms with E-state index < -0.39 is 23.0 Å². The third-order valence-electron chi connectivity index (χ3n) is 9.25. The van der Waals surface area contributed by atoms with E-state index in [1.54, 1.807) is 36.4 Å². The average Bonchev–Trinajstić information content (AvgIpc) is 3.48. The van der Waals surface area contributed by atoms with Crippen LogP contribution >= 0.6 is 0 Å². The van der Waals surface area contributed by atoms with Gasteiger partial charge in [-0.2, -0.15) is 0 Å². The second-order valence-electron chi connectivity index (χ2n) is 11.8. The molecular weight excluding hydrogens is 592 g/mol. The highest BCUT2D eigenvalue weighted by atomic mass is 16.3. The van der Waals surface area contributed by atoms with E-state index in [4.69, 9.17) is 4.42 Å². The van der Waals surface area contributed by atoms with E-state index in [0.717, 1.165) is 21.9 Å². The molecule has 230 valence electrons. The molecule has 7 heteroatoms. The Kier molecular flexibility index (Phi) is 6.04. The number of rotatable bonds is 3. The Labute approximate surface area is 268 Å². The van der Waals surface area contributed by atoms with Crippen molar-refractivity contribution in [2.45, 2.75) is 13.8 Å². The Morgan fingerprint density at radius 3 is 1.30 bits per heavy atom. The van der Waals surface area contributed by atoms with Crippen molar-refractivity contribution >= 4 is 43.5 Å². The molecule has 8 aromatic rings. The van der Waals surface area contributed by atoms with Crippen LogP contribution in [0.1, 0.15) is 11.1 Å². The molecule has 0 radical (unpaired) electrons. The molecule has 0 fully saturated rings. The van der Waals surface area contributed by atoms with Gasteiger partial charge in [-0.15, -0.1) is 0 Å². The maximum atomic E-state index is 11.7. The van der Waals surface area contributed by atoms with E-state index in [2.05, 4.69) is 0 Å². The number of hydrogen-bond donors (Lipinski definition) is 6. The summed E-state index contributed by atoms with van der Waals surface area (Å²) in [5.74, 6) is -2.72. The van der Waals surface area contributed by atoms with Gasteiger partial charge in [-0.05, 0) is 60.4 Å². The Morgan fingerprint density at radius 1 is 0.383 bits per heavy atom. The summed E-state index contributed by atoms with van der Waals surface area (Å²) in [6.07, 6.45) is 0. The highest BCUT2D eigenvalue weighted by Gasteiger charge is 2.31. The summed E-state index contributed by atoms with van der Waals surface area (Å²) in [7, 11) is 0. The van der Waals surface area contributed by atoms with Gasteiger partial charge < -0.3 is 35.1 Å². The SMILES string of the molecule is Cc1c(O)c(O)c2c(-c3ccccc3)c3c(O)c(O)c(C)c(O)c3c(-c3ccc4c(c3)oc3cc(-c5ccccc5)ccc34)c2c1O. The van der Waals surface area contributed by atoms with Crippen LogP contribution in [0.4, 0.5) is 0 Å². The van der Waals surface area contributed by atoms with Crippen molar-refractivity contribution < 1.29 is 35.1 Å². The number of phenols is 6. The maximum Gasteiger partial charge on any atom is 0.166 e. The maximum absolute atomic E-state index is 11.7. The molecule has 7 nitrogen and oxygen atoms in total. The number of aromatic hydroxyl groups is 6. The summed E-state index contributed by atoms with van der Waals surface area (Å²) in [4.78, 5) is 0. The Bertz CT molecular complexity index is 2500. The molecular formula is C40H28O7. The van der Waals surface area contributed by atoms with Crippen molar-refractivity contribution in [3.63, 3.8) is 0 Å². The first-order valence-electron chi connectivity index (χ1n) is 15.0. The van der Waals surface area contributed by atoms with Crippen LogP contribution in [0.2, 0.25) is 0 Å². The molecule has 0 aliphatic heterocycles. The standard InChI is InChI=1S/C40H28O7/c1-19-35(41)31-30(24-14-16-26-25-15-13-23(21-9-5-3-6-10-21)17-27(25)47-28(26)18-24)32-34(40(46)38(44)20(2)36(32)42)29(22-11-7-4-8-12-22)33(31)39(45)37(19)43/h3-18,41-46H,1-2H3. The minimum atomic E-state index is -0.528. The summed E-state index contributed by atoms with van der Waals surface area (Å²) in [6.45, 7) is 2.96. The van der Waals surface area contributed by atoms with Gasteiger partial charge in [-0.25, -0.2) is 0 Å².